The summed E-state index contributed by atoms with van der Waals surface area (Å²) in [6.45, 7) is 3.66. The van der Waals surface area contributed by atoms with Gasteiger partial charge >= 0.3 is 0 Å². The largest absolute Gasteiger partial charge is 0.447 e. The molecule has 0 spiro atoms. The summed E-state index contributed by atoms with van der Waals surface area (Å²) in [4.78, 5) is 20.3. The smallest absolute Gasteiger partial charge is 0.247 e. The Balaban J connectivity index is 1.86. The van der Waals surface area contributed by atoms with Gasteiger partial charge in [-0.15, -0.1) is 22.0 Å². The fraction of sp³-hybridized carbons (Fsp3) is 0.304. The first-order valence-electron chi connectivity index (χ1n) is 10.3. The van der Waals surface area contributed by atoms with Crippen molar-refractivity contribution in [2.75, 3.05) is 16.9 Å². The Morgan fingerprint density at radius 3 is 2.66 bits per heavy atom. The monoisotopic (exact) mass is 486 g/mol. The number of halogens is 1. The maximum atomic E-state index is 12.8. The third kappa shape index (κ3) is 4.72. The number of benzene rings is 2. The van der Waals surface area contributed by atoms with Gasteiger partial charge in [0.2, 0.25) is 23.2 Å². The molecular formula is C23H23ClN4O2S2. The van der Waals surface area contributed by atoms with Crippen LogP contribution in [-0.4, -0.2) is 33.1 Å². The minimum absolute atomic E-state index is 0.161. The van der Waals surface area contributed by atoms with Crippen molar-refractivity contribution < 1.29 is 9.53 Å². The van der Waals surface area contributed by atoms with Crippen molar-refractivity contribution in [3.63, 3.8) is 0 Å². The summed E-state index contributed by atoms with van der Waals surface area (Å²) in [5.41, 5.74) is 2.63. The number of carbonyl (C=O) groups excluding carboxylic acids is 1. The molecule has 1 amide bonds. The number of nitrogens with zero attached hydrogens (tertiary/aromatic N) is 4. The molecule has 0 bridgehead atoms. The quantitative estimate of drug-likeness (QED) is 0.301. The Kier molecular flexibility index (Phi) is 7.23. The standard InChI is InChI=1S/C23H23ClN4O2S2/c1-4-5-12-32-23-25-21-20(26-27-23)18-13-16(24)8-11-19(18)28(14(2)29)22(30-21)15-6-9-17(31-3)10-7-15/h6-11,13,22H,4-5,12H2,1-3H3. The maximum Gasteiger partial charge on any atom is 0.247 e. The topological polar surface area (TPSA) is 68.2 Å². The number of fused-ring (bicyclic) bond motifs is 3. The van der Waals surface area contributed by atoms with E-state index < -0.39 is 6.23 Å². The lowest BCUT2D eigenvalue weighted by atomic mass is 10.1. The Hall–Kier alpha value is -2.29. The van der Waals surface area contributed by atoms with Crippen LogP contribution in [-0.2, 0) is 4.79 Å². The summed E-state index contributed by atoms with van der Waals surface area (Å²) in [7, 11) is 0. The molecule has 166 valence electrons. The van der Waals surface area contributed by atoms with Gasteiger partial charge in [0.25, 0.3) is 0 Å². The van der Waals surface area contributed by atoms with Crippen molar-refractivity contribution in [3.8, 4) is 17.1 Å². The first-order chi connectivity index (χ1) is 15.5. The molecule has 3 aromatic rings. The Morgan fingerprint density at radius 1 is 1.19 bits per heavy atom. The highest BCUT2D eigenvalue weighted by molar-refractivity contribution is 7.99. The zero-order valence-electron chi connectivity index (χ0n) is 18.0. The van der Waals surface area contributed by atoms with Crippen LogP contribution in [0.5, 0.6) is 5.88 Å². The molecule has 0 saturated carbocycles. The molecule has 32 heavy (non-hydrogen) atoms. The van der Waals surface area contributed by atoms with E-state index in [2.05, 4.69) is 22.1 Å². The van der Waals surface area contributed by atoms with Crippen LogP contribution in [0.1, 0.15) is 38.5 Å². The highest BCUT2D eigenvalue weighted by atomic mass is 35.5. The lowest BCUT2D eigenvalue weighted by Gasteiger charge is -2.30. The number of thioether (sulfide) groups is 2. The number of anilines is 1. The molecule has 2 heterocycles. The number of ether oxygens (including phenoxy) is 1. The van der Waals surface area contributed by atoms with Gasteiger partial charge in [0, 0.05) is 33.7 Å². The maximum absolute atomic E-state index is 12.8. The van der Waals surface area contributed by atoms with E-state index in [0.717, 1.165) is 29.1 Å². The molecule has 0 saturated heterocycles. The number of carbonyl (C=O) groups is 1. The summed E-state index contributed by atoms with van der Waals surface area (Å²) >= 11 is 9.51. The number of hydrogen-bond donors (Lipinski definition) is 0. The lowest BCUT2D eigenvalue weighted by molar-refractivity contribution is -0.118. The highest BCUT2D eigenvalue weighted by Crippen LogP contribution is 2.44. The second-order valence-electron chi connectivity index (χ2n) is 7.24. The van der Waals surface area contributed by atoms with Gasteiger partial charge in [-0.05, 0) is 43.0 Å². The van der Waals surface area contributed by atoms with E-state index in [1.54, 1.807) is 40.6 Å². The van der Waals surface area contributed by atoms with Crippen LogP contribution in [0.2, 0.25) is 5.02 Å². The molecule has 1 aliphatic rings. The van der Waals surface area contributed by atoms with Crippen LogP contribution in [0.15, 0.2) is 52.5 Å². The van der Waals surface area contributed by atoms with Gasteiger partial charge in [0.05, 0.1) is 5.69 Å². The highest BCUT2D eigenvalue weighted by Gasteiger charge is 2.34. The van der Waals surface area contributed by atoms with Gasteiger partial charge in [-0.3, -0.25) is 9.69 Å². The van der Waals surface area contributed by atoms with Crippen molar-refractivity contribution in [1.82, 2.24) is 15.2 Å². The van der Waals surface area contributed by atoms with Crippen LogP contribution in [0.4, 0.5) is 5.69 Å². The van der Waals surface area contributed by atoms with Crippen LogP contribution in [0, 0.1) is 0 Å². The van der Waals surface area contributed by atoms with E-state index >= 15 is 0 Å². The Morgan fingerprint density at radius 2 is 1.97 bits per heavy atom. The zero-order chi connectivity index (χ0) is 22.7. The van der Waals surface area contributed by atoms with Crippen molar-refractivity contribution >= 4 is 46.7 Å². The minimum Gasteiger partial charge on any atom is -0.447 e. The summed E-state index contributed by atoms with van der Waals surface area (Å²) in [6, 6.07) is 13.3. The third-order valence-corrected chi connectivity index (χ3v) is 6.94. The van der Waals surface area contributed by atoms with Crippen molar-refractivity contribution in [2.24, 2.45) is 0 Å². The van der Waals surface area contributed by atoms with Gasteiger partial charge in [0.1, 0.15) is 0 Å². The molecule has 4 rings (SSSR count). The number of amides is 1. The van der Waals surface area contributed by atoms with Gasteiger partial charge in [-0.1, -0.05) is 48.8 Å². The molecule has 0 fully saturated rings. The van der Waals surface area contributed by atoms with Crippen LogP contribution in [0.25, 0.3) is 11.3 Å². The Labute approximate surface area is 201 Å². The van der Waals surface area contributed by atoms with E-state index in [0.29, 0.717) is 33.0 Å². The SMILES string of the molecule is CCCCSc1nnc2c(n1)OC(c1ccc(SC)cc1)N(C(C)=O)c1ccc(Cl)cc1-2. The molecule has 2 aromatic carbocycles. The van der Waals surface area contributed by atoms with E-state index in [-0.39, 0.29) is 5.91 Å². The lowest BCUT2D eigenvalue weighted by Crippen LogP contribution is -2.36. The van der Waals surface area contributed by atoms with Crippen LogP contribution < -0.4 is 9.64 Å². The van der Waals surface area contributed by atoms with Gasteiger partial charge < -0.3 is 4.74 Å². The molecule has 9 heteroatoms. The van der Waals surface area contributed by atoms with E-state index in [4.69, 9.17) is 16.3 Å². The van der Waals surface area contributed by atoms with Crippen molar-refractivity contribution in [1.29, 1.82) is 0 Å². The number of hydrogen-bond acceptors (Lipinski definition) is 7. The van der Waals surface area contributed by atoms with Crippen molar-refractivity contribution in [3.05, 3.63) is 53.1 Å². The average Bonchev–Trinajstić information content (AvgIpc) is 2.93. The number of unbranched alkanes of at least 4 members (excludes halogenated alkanes) is 1. The van der Waals surface area contributed by atoms with Crippen LogP contribution in [0.3, 0.4) is 0 Å². The first kappa shape index (κ1) is 22.9. The number of rotatable bonds is 6. The molecular weight excluding hydrogens is 464 g/mol. The number of aromatic nitrogens is 3. The molecule has 1 aromatic heterocycles. The minimum atomic E-state index is -0.699. The van der Waals surface area contributed by atoms with Gasteiger partial charge in [0.15, 0.2) is 5.69 Å². The fourth-order valence-corrected chi connectivity index (χ4v) is 4.87. The second kappa shape index (κ2) is 10.1. The summed E-state index contributed by atoms with van der Waals surface area (Å²) < 4.78 is 6.39. The molecule has 1 atom stereocenters. The molecule has 0 N–H and O–H groups in total. The molecule has 1 unspecified atom stereocenters. The van der Waals surface area contributed by atoms with E-state index in [1.807, 2.05) is 36.6 Å². The summed E-state index contributed by atoms with van der Waals surface area (Å²) in [6.07, 6.45) is 3.48. The third-order valence-electron chi connectivity index (χ3n) is 5.04. The molecule has 0 radical (unpaired) electrons. The summed E-state index contributed by atoms with van der Waals surface area (Å²) in [5, 5.41) is 9.81. The predicted molar refractivity (Wildman–Crippen MR) is 131 cm³/mol. The molecule has 6 nitrogen and oxygen atoms in total. The normalized spacial score (nSPS) is 14.9. The summed E-state index contributed by atoms with van der Waals surface area (Å²) in [5.74, 6) is 1.08. The predicted octanol–water partition coefficient (Wildman–Crippen LogP) is 6.25. The fourth-order valence-electron chi connectivity index (χ4n) is 3.43. The van der Waals surface area contributed by atoms with Crippen LogP contribution >= 0.6 is 35.1 Å². The van der Waals surface area contributed by atoms with Gasteiger partial charge in [-0.2, -0.15) is 4.98 Å². The van der Waals surface area contributed by atoms with Crippen molar-refractivity contribution in [2.45, 2.75) is 43.0 Å². The molecule has 0 aliphatic carbocycles. The van der Waals surface area contributed by atoms with E-state index in [9.17, 15) is 4.79 Å². The van der Waals surface area contributed by atoms with E-state index in [1.165, 1.54) is 6.92 Å². The average molecular weight is 487 g/mol. The zero-order valence-corrected chi connectivity index (χ0v) is 20.4. The van der Waals surface area contributed by atoms with Gasteiger partial charge in [-0.25, -0.2) is 0 Å². The Bertz CT molecular complexity index is 1130. The first-order valence-corrected chi connectivity index (χ1v) is 12.9. The second-order valence-corrected chi connectivity index (χ2v) is 9.62. The molecule has 1 aliphatic heterocycles.